The molecule has 0 aliphatic carbocycles. The van der Waals surface area contributed by atoms with Crippen LogP contribution in [-0.4, -0.2) is 52.9 Å². The Kier molecular flexibility index (Phi) is 6.07. The van der Waals surface area contributed by atoms with E-state index in [0.29, 0.717) is 30.8 Å². The van der Waals surface area contributed by atoms with E-state index in [-0.39, 0.29) is 18.4 Å². The van der Waals surface area contributed by atoms with Crippen molar-refractivity contribution in [3.63, 3.8) is 0 Å². The van der Waals surface area contributed by atoms with Crippen molar-refractivity contribution in [3.8, 4) is 17.0 Å². The molecule has 2 heterocycles. The first-order valence-electron chi connectivity index (χ1n) is 10.1. The lowest BCUT2D eigenvalue weighted by atomic mass is 10.0. The van der Waals surface area contributed by atoms with Crippen LogP contribution in [0.5, 0.6) is 5.75 Å². The fourth-order valence-electron chi connectivity index (χ4n) is 3.33. The molecule has 0 bridgehead atoms. The minimum atomic E-state index is -0.288. The molecule has 0 atom stereocenters. The molecule has 8 heteroatoms. The standard InChI is InChI=1S/C23H23N5O3/c1-31-18-9-7-17(8-10-18)20-15-21(26-25-20)23(30)24-13-14-28-22(29)12-11-19(27-28)16-5-3-2-4-6-16/h2-10,15H,11-14H2,1H3,(H,24,30)(H,25,26). The lowest BCUT2D eigenvalue weighted by Crippen LogP contribution is -2.38. The predicted molar refractivity (Wildman–Crippen MR) is 117 cm³/mol. The summed E-state index contributed by atoms with van der Waals surface area (Å²) in [5, 5.41) is 15.7. The average Bonchev–Trinajstić information content (AvgIpc) is 3.31. The highest BCUT2D eigenvalue weighted by Crippen LogP contribution is 2.21. The molecule has 1 aliphatic heterocycles. The number of hydrogen-bond acceptors (Lipinski definition) is 5. The number of hydrogen-bond donors (Lipinski definition) is 2. The fraction of sp³-hybridized carbons (Fsp3) is 0.217. The van der Waals surface area contributed by atoms with Crippen LogP contribution >= 0.6 is 0 Å². The number of benzene rings is 2. The van der Waals surface area contributed by atoms with E-state index in [1.807, 2.05) is 54.6 Å². The van der Waals surface area contributed by atoms with Crippen LogP contribution in [0.4, 0.5) is 0 Å². The number of methoxy groups -OCH3 is 1. The number of ether oxygens (including phenoxy) is 1. The van der Waals surface area contributed by atoms with Gasteiger partial charge in [0.2, 0.25) is 5.91 Å². The molecule has 2 aromatic carbocycles. The minimum Gasteiger partial charge on any atom is -0.497 e. The van der Waals surface area contributed by atoms with Gasteiger partial charge in [-0.1, -0.05) is 30.3 Å². The van der Waals surface area contributed by atoms with Crippen molar-refractivity contribution >= 4 is 17.5 Å². The molecule has 1 aromatic heterocycles. The van der Waals surface area contributed by atoms with Crippen LogP contribution in [0.1, 0.15) is 28.9 Å². The summed E-state index contributed by atoms with van der Waals surface area (Å²) in [5.74, 6) is 0.420. The largest absolute Gasteiger partial charge is 0.497 e. The van der Waals surface area contributed by atoms with Crippen LogP contribution in [-0.2, 0) is 4.79 Å². The lowest BCUT2D eigenvalue weighted by molar-refractivity contribution is -0.131. The summed E-state index contributed by atoms with van der Waals surface area (Å²) in [6.07, 6.45) is 1.03. The van der Waals surface area contributed by atoms with Crippen LogP contribution in [0, 0.1) is 0 Å². The lowest BCUT2D eigenvalue weighted by Gasteiger charge is -2.23. The van der Waals surface area contributed by atoms with Gasteiger partial charge in [0.05, 0.1) is 25.1 Å². The summed E-state index contributed by atoms with van der Waals surface area (Å²) in [4.78, 5) is 24.7. The van der Waals surface area contributed by atoms with Gasteiger partial charge < -0.3 is 10.1 Å². The van der Waals surface area contributed by atoms with Crippen molar-refractivity contribution in [1.82, 2.24) is 20.5 Å². The zero-order chi connectivity index (χ0) is 21.6. The zero-order valence-electron chi connectivity index (χ0n) is 17.2. The molecule has 4 rings (SSSR count). The minimum absolute atomic E-state index is 0.0442. The summed E-state index contributed by atoms with van der Waals surface area (Å²) in [7, 11) is 1.61. The Morgan fingerprint density at radius 2 is 1.87 bits per heavy atom. The molecule has 0 radical (unpaired) electrons. The Labute approximate surface area is 179 Å². The van der Waals surface area contributed by atoms with Crippen LogP contribution < -0.4 is 10.1 Å². The molecule has 0 saturated carbocycles. The third-order valence-corrected chi connectivity index (χ3v) is 5.03. The third kappa shape index (κ3) is 4.80. The molecule has 158 valence electrons. The third-order valence-electron chi connectivity index (χ3n) is 5.03. The van der Waals surface area contributed by atoms with Crippen LogP contribution in [0.25, 0.3) is 11.3 Å². The maximum absolute atomic E-state index is 12.5. The van der Waals surface area contributed by atoms with Crippen molar-refractivity contribution in [2.24, 2.45) is 5.10 Å². The van der Waals surface area contributed by atoms with Gasteiger partial charge in [0, 0.05) is 24.9 Å². The van der Waals surface area contributed by atoms with E-state index in [1.165, 1.54) is 5.01 Å². The highest BCUT2D eigenvalue weighted by atomic mass is 16.5. The number of aromatic nitrogens is 2. The molecule has 31 heavy (non-hydrogen) atoms. The summed E-state index contributed by atoms with van der Waals surface area (Å²) in [6, 6.07) is 18.9. The van der Waals surface area contributed by atoms with E-state index in [1.54, 1.807) is 13.2 Å². The molecule has 0 fully saturated rings. The molecular formula is C23H23N5O3. The molecule has 0 unspecified atom stereocenters. The van der Waals surface area contributed by atoms with Crippen molar-refractivity contribution in [1.29, 1.82) is 0 Å². The molecule has 8 nitrogen and oxygen atoms in total. The summed E-state index contributed by atoms with van der Waals surface area (Å²) in [6.45, 7) is 0.591. The first-order chi connectivity index (χ1) is 15.1. The fourth-order valence-corrected chi connectivity index (χ4v) is 3.33. The molecule has 0 saturated heterocycles. The topological polar surface area (TPSA) is 99.7 Å². The Morgan fingerprint density at radius 1 is 1.10 bits per heavy atom. The molecule has 0 spiro atoms. The molecule has 1 aliphatic rings. The second kappa shape index (κ2) is 9.25. The van der Waals surface area contributed by atoms with Gasteiger partial charge in [-0.05, 0) is 35.9 Å². The zero-order valence-corrected chi connectivity index (χ0v) is 17.2. The number of amides is 2. The SMILES string of the molecule is COc1ccc(-c2cc(C(=O)NCCN3N=C(c4ccccc4)CCC3=O)[nH]n2)cc1. The number of H-pyrrole nitrogens is 1. The van der Waals surface area contributed by atoms with Gasteiger partial charge in [-0.15, -0.1) is 0 Å². The van der Waals surface area contributed by atoms with E-state index in [9.17, 15) is 9.59 Å². The Bertz CT molecular complexity index is 1090. The van der Waals surface area contributed by atoms with Gasteiger partial charge in [-0.25, -0.2) is 5.01 Å². The number of nitrogens with one attached hydrogen (secondary N) is 2. The van der Waals surface area contributed by atoms with Crippen molar-refractivity contribution in [2.45, 2.75) is 12.8 Å². The first-order valence-corrected chi connectivity index (χ1v) is 10.1. The second-order valence-corrected chi connectivity index (χ2v) is 7.08. The number of rotatable bonds is 7. The highest BCUT2D eigenvalue weighted by Gasteiger charge is 2.21. The second-order valence-electron chi connectivity index (χ2n) is 7.08. The van der Waals surface area contributed by atoms with Crippen molar-refractivity contribution in [3.05, 3.63) is 71.9 Å². The van der Waals surface area contributed by atoms with E-state index >= 15 is 0 Å². The highest BCUT2D eigenvalue weighted by molar-refractivity contribution is 6.04. The molecular weight excluding hydrogens is 394 g/mol. The van der Waals surface area contributed by atoms with Crippen molar-refractivity contribution in [2.75, 3.05) is 20.2 Å². The summed E-state index contributed by atoms with van der Waals surface area (Å²) < 4.78 is 5.15. The van der Waals surface area contributed by atoms with Gasteiger partial charge in [0.15, 0.2) is 0 Å². The number of carbonyl (C=O) groups excluding carboxylic acids is 2. The quantitative estimate of drug-likeness (QED) is 0.617. The Morgan fingerprint density at radius 3 is 2.61 bits per heavy atom. The van der Waals surface area contributed by atoms with E-state index in [0.717, 1.165) is 22.6 Å². The molecule has 2 amide bonds. The molecule has 2 N–H and O–H groups in total. The number of carbonyl (C=O) groups is 2. The monoisotopic (exact) mass is 417 g/mol. The van der Waals surface area contributed by atoms with Crippen LogP contribution in [0.2, 0.25) is 0 Å². The average molecular weight is 417 g/mol. The van der Waals surface area contributed by atoms with Crippen molar-refractivity contribution < 1.29 is 14.3 Å². The van der Waals surface area contributed by atoms with E-state index in [4.69, 9.17) is 4.74 Å². The Balaban J connectivity index is 1.34. The molecule has 3 aromatic rings. The van der Waals surface area contributed by atoms with Gasteiger partial charge in [-0.2, -0.15) is 10.2 Å². The Hall–Kier alpha value is -3.94. The normalized spacial score (nSPS) is 13.6. The van der Waals surface area contributed by atoms with Crippen LogP contribution in [0.3, 0.4) is 0 Å². The van der Waals surface area contributed by atoms with Gasteiger partial charge in [0.1, 0.15) is 11.4 Å². The maximum atomic E-state index is 12.5. The first kappa shape index (κ1) is 20.3. The van der Waals surface area contributed by atoms with Gasteiger partial charge in [-0.3, -0.25) is 14.7 Å². The van der Waals surface area contributed by atoms with E-state index < -0.39 is 0 Å². The number of aromatic amines is 1. The van der Waals surface area contributed by atoms with Gasteiger partial charge >= 0.3 is 0 Å². The smallest absolute Gasteiger partial charge is 0.269 e. The van der Waals surface area contributed by atoms with Crippen LogP contribution in [0.15, 0.2) is 65.8 Å². The van der Waals surface area contributed by atoms with Gasteiger partial charge in [0.25, 0.3) is 5.91 Å². The predicted octanol–water partition coefficient (Wildman–Crippen LogP) is 2.84. The summed E-state index contributed by atoms with van der Waals surface area (Å²) in [5.41, 5.74) is 3.77. The number of nitrogens with zero attached hydrogens (tertiary/aromatic N) is 3. The maximum Gasteiger partial charge on any atom is 0.269 e. The summed E-state index contributed by atoms with van der Waals surface area (Å²) >= 11 is 0. The number of hydrazone groups is 1. The van der Waals surface area contributed by atoms with E-state index in [2.05, 4.69) is 20.6 Å².